The standard InChI is InChI=1S/C16H16ClFN2O/c1-10(2)15(11-3-5-12(17)6-4-11)16(21)20-14-8-7-13(18)9-19-14/h3-10,15H,1-2H3,(H,19,20,21)/t15-/m0/s1. The number of carbonyl (C=O) groups is 1. The summed E-state index contributed by atoms with van der Waals surface area (Å²) < 4.78 is 12.8. The molecular formula is C16H16ClFN2O. The molecule has 3 nitrogen and oxygen atoms in total. The monoisotopic (exact) mass is 306 g/mol. The molecule has 0 radical (unpaired) electrons. The molecule has 110 valence electrons. The molecule has 21 heavy (non-hydrogen) atoms. The van der Waals surface area contributed by atoms with E-state index in [1.807, 2.05) is 26.0 Å². The lowest BCUT2D eigenvalue weighted by atomic mass is 9.87. The summed E-state index contributed by atoms with van der Waals surface area (Å²) in [6, 6.07) is 9.89. The molecule has 0 spiro atoms. The predicted molar refractivity (Wildman–Crippen MR) is 81.9 cm³/mol. The van der Waals surface area contributed by atoms with E-state index in [1.54, 1.807) is 12.1 Å². The second-order valence-electron chi connectivity index (χ2n) is 5.12. The largest absolute Gasteiger partial charge is 0.310 e. The summed E-state index contributed by atoms with van der Waals surface area (Å²) in [7, 11) is 0. The molecule has 0 saturated carbocycles. The van der Waals surface area contributed by atoms with E-state index in [0.717, 1.165) is 11.8 Å². The van der Waals surface area contributed by atoms with Gasteiger partial charge in [-0.25, -0.2) is 9.37 Å². The number of benzene rings is 1. The molecule has 1 atom stereocenters. The third-order valence-corrected chi connectivity index (χ3v) is 3.41. The van der Waals surface area contributed by atoms with Crippen molar-refractivity contribution in [3.05, 3.63) is 59.0 Å². The maximum atomic E-state index is 12.8. The van der Waals surface area contributed by atoms with Gasteiger partial charge in [0.05, 0.1) is 12.1 Å². The normalized spacial score (nSPS) is 12.2. The average Bonchev–Trinajstić information content (AvgIpc) is 2.43. The van der Waals surface area contributed by atoms with Crippen molar-refractivity contribution in [1.29, 1.82) is 0 Å². The van der Waals surface area contributed by atoms with Gasteiger partial charge in [-0.05, 0) is 35.7 Å². The fraction of sp³-hybridized carbons (Fsp3) is 0.250. The van der Waals surface area contributed by atoms with Gasteiger partial charge < -0.3 is 5.32 Å². The Hall–Kier alpha value is -1.94. The Balaban J connectivity index is 2.19. The van der Waals surface area contributed by atoms with Crippen LogP contribution in [0.2, 0.25) is 5.02 Å². The molecule has 0 bridgehead atoms. The van der Waals surface area contributed by atoms with Crippen molar-refractivity contribution in [1.82, 2.24) is 4.98 Å². The van der Waals surface area contributed by atoms with Gasteiger partial charge in [-0.2, -0.15) is 0 Å². The van der Waals surface area contributed by atoms with E-state index in [4.69, 9.17) is 11.6 Å². The van der Waals surface area contributed by atoms with Crippen LogP contribution in [0.4, 0.5) is 10.2 Å². The first-order valence-corrected chi connectivity index (χ1v) is 7.03. The number of amides is 1. The number of nitrogens with one attached hydrogen (secondary N) is 1. The molecule has 0 fully saturated rings. The molecule has 0 unspecified atom stereocenters. The first-order chi connectivity index (χ1) is 9.97. The number of hydrogen-bond donors (Lipinski definition) is 1. The Kier molecular flexibility index (Phi) is 4.91. The number of rotatable bonds is 4. The van der Waals surface area contributed by atoms with E-state index >= 15 is 0 Å². The first kappa shape index (κ1) is 15.4. The highest BCUT2D eigenvalue weighted by atomic mass is 35.5. The third kappa shape index (κ3) is 4.02. The van der Waals surface area contributed by atoms with Gasteiger partial charge in [0.15, 0.2) is 0 Å². The lowest BCUT2D eigenvalue weighted by Gasteiger charge is -2.20. The van der Waals surface area contributed by atoms with Crippen molar-refractivity contribution in [2.45, 2.75) is 19.8 Å². The molecular weight excluding hydrogens is 291 g/mol. The zero-order chi connectivity index (χ0) is 15.4. The van der Waals surface area contributed by atoms with Crippen LogP contribution in [0.3, 0.4) is 0 Å². The number of carbonyl (C=O) groups excluding carboxylic acids is 1. The van der Waals surface area contributed by atoms with Crippen LogP contribution in [-0.4, -0.2) is 10.9 Å². The SMILES string of the molecule is CC(C)[C@H](C(=O)Nc1ccc(F)cn1)c1ccc(Cl)cc1. The van der Waals surface area contributed by atoms with Gasteiger partial charge >= 0.3 is 0 Å². The molecule has 2 aromatic rings. The van der Waals surface area contributed by atoms with Crippen LogP contribution in [0.5, 0.6) is 0 Å². The summed E-state index contributed by atoms with van der Waals surface area (Å²) in [4.78, 5) is 16.3. The summed E-state index contributed by atoms with van der Waals surface area (Å²) in [5.74, 6) is -0.501. The van der Waals surface area contributed by atoms with Crippen molar-refractivity contribution in [2.24, 2.45) is 5.92 Å². The van der Waals surface area contributed by atoms with Crippen LogP contribution < -0.4 is 5.32 Å². The minimum Gasteiger partial charge on any atom is -0.310 e. The third-order valence-electron chi connectivity index (χ3n) is 3.16. The topological polar surface area (TPSA) is 42.0 Å². The molecule has 2 rings (SSSR count). The van der Waals surface area contributed by atoms with Crippen molar-refractivity contribution in [3.8, 4) is 0 Å². The number of pyridine rings is 1. The van der Waals surface area contributed by atoms with Crippen molar-refractivity contribution < 1.29 is 9.18 Å². The summed E-state index contributed by atoms with van der Waals surface area (Å²) in [6.45, 7) is 3.94. The Labute approximate surface area is 128 Å². The highest BCUT2D eigenvalue weighted by Crippen LogP contribution is 2.27. The van der Waals surface area contributed by atoms with Crippen LogP contribution in [-0.2, 0) is 4.79 Å². The predicted octanol–water partition coefficient (Wildman–Crippen LogP) is 4.25. The number of hydrogen-bond acceptors (Lipinski definition) is 2. The van der Waals surface area contributed by atoms with Gasteiger partial charge in [0, 0.05) is 5.02 Å². The van der Waals surface area contributed by atoms with E-state index in [2.05, 4.69) is 10.3 Å². The average molecular weight is 307 g/mol. The summed E-state index contributed by atoms with van der Waals surface area (Å²) in [5, 5.41) is 3.34. The fourth-order valence-corrected chi connectivity index (χ4v) is 2.29. The van der Waals surface area contributed by atoms with Crippen LogP contribution in [0, 0.1) is 11.7 Å². The molecule has 0 saturated heterocycles. The molecule has 1 heterocycles. The van der Waals surface area contributed by atoms with Crippen LogP contribution >= 0.6 is 11.6 Å². The maximum Gasteiger partial charge on any atom is 0.233 e. The van der Waals surface area contributed by atoms with Crippen molar-refractivity contribution in [3.63, 3.8) is 0 Å². The van der Waals surface area contributed by atoms with Crippen LogP contribution in [0.1, 0.15) is 25.3 Å². The second-order valence-corrected chi connectivity index (χ2v) is 5.56. The smallest absolute Gasteiger partial charge is 0.233 e. The lowest BCUT2D eigenvalue weighted by Crippen LogP contribution is -2.25. The van der Waals surface area contributed by atoms with E-state index in [0.29, 0.717) is 10.8 Å². The summed E-state index contributed by atoms with van der Waals surface area (Å²) in [6.07, 6.45) is 1.07. The Morgan fingerprint density at radius 2 is 1.86 bits per heavy atom. The van der Waals surface area contributed by atoms with Crippen molar-refractivity contribution in [2.75, 3.05) is 5.32 Å². The van der Waals surface area contributed by atoms with Gasteiger partial charge in [-0.3, -0.25) is 4.79 Å². The zero-order valence-corrected chi connectivity index (χ0v) is 12.6. The number of nitrogens with zero attached hydrogens (tertiary/aromatic N) is 1. The fourth-order valence-electron chi connectivity index (χ4n) is 2.16. The molecule has 1 amide bonds. The highest BCUT2D eigenvalue weighted by Gasteiger charge is 2.24. The zero-order valence-electron chi connectivity index (χ0n) is 11.8. The minimum atomic E-state index is -0.439. The first-order valence-electron chi connectivity index (χ1n) is 6.65. The van der Waals surface area contributed by atoms with E-state index in [9.17, 15) is 9.18 Å². The van der Waals surface area contributed by atoms with Gasteiger partial charge in [-0.15, -0.1) is 0 Å². The van der Waals surface area contributed by atoms with E-state index in [-0.39, 0.29) is 17.7 Å². The molecule has 0 aliphatic carbocycles. The number of anilines is 1. The lowest BCUT2D eigenvalue weighted by molar-refractivity contribution is -0.118. The van der Waals surface area contributed by atoms with Gasteiger partial charge in [0.25, 0.3) is 0 Å². The molecule has 1 N–H and O–H groups in total. The van der Waals surface area contributed by atoms with E-state index < -0.39 is 5.82 Å². The highest BCUT2D eigenvalue weighted by molar-refractivity contribution is 6.30. The number of aromatic nitrogens is 1. The van der Waals surface area contributed by atoms with Gasteiger partial charge in [0.1, 0.15) is 11.6 Å². The van der Waals surface area contributed by atoms with Crippen LogP contribution in [0.15, 0.2) is 42.6 Å². The summed E-state index contributed by atoms with van der Waals surface area (Å²) in [5.41, 5.74) is 0.883. The Morgan fingerprint density at radius 3 is 2.38 bits per heavy atom. The van der Waals surface area contributed by atoms with Gasteiger partial charge in [-0.1, -0.05) is 37.6 Å². The number of halogens is 2. The molecule has 1 aromatic carbocycles. The minimum absolute atomic E-state index is 0.103. The molecule has 0 aliphatic heterocycles. The van der Waals surface area contributed by atoms with Crippen LogP contribution in [0.25, 0.3) is 0 Å². The quantitative estimate of drug-likeness (QED) is 0.917. The van der Waals surface area contributed by atoms with Crippen molar-refractivity contribution >= 4 is 23.3 Å². The molecule has 1 aromatic heterocycles. The Morgan fingerprint density at radius 1 is 1.19 bits per heavy atom. The second kappa shape index (κ2) is 6.68. The maximum absolute atomic E-state index is 12.8. The molecule has 5 heteroatoms. The molecule has 0 aliphatic rings. The van der Waals surface area contributed by atoms with E-state index in [1.165, 1.54) is 12.1 Å². The van der Waals surface area contributed by atoms with Gasteiger partial charge in [0.2, 0.25) is 5.91 Å². The Bertz CT molecular complexity index is 611. The summed E-state index contributed by atoms with van der Waals surface area (Å²) >= 11 is 5.87.